The van der Waals surface area contributed by atoms with Gasteiger partial charge in [0.2, 0.25) is 0 Å². The van der Waals surface area contributed by atoms with Gasteiger partial charge in [-0.2, -0.15) is 0 Å². The number of benzene rings is 1. The summed E-state index contributed by atoms with van der Waals surface area (Å²) in [4.78, 5) is 22.9. The first kappa shape index (κ1) is 18.9. The number of hydrogen-bond donors (Lipinski definition) is 3. The van der Waals surface area contributed by atoms with Gasteiger partial charge in [0.1, 0.15) is 11.4 Å². The fourth-order valence-corrected chi connectivity index (χ4v) is 1.56. The van der Waals surface area contributed by atoms with E-state index in [1.807, 2.05) is 0 Å². The largest absolute Gasteiger partial charge is 0.473 e. The molecule has 0 saturated heterocycles. The van der Waals surface area contributed by atoms with Crippen LogP contribution in [-0.2, 0) is 4.74 Å². The number of rotatable bonds is 6. The topological polar surface area (TPSA) is 88.7 Å². The second kappa shape index (κ2) is 9.09. The molecule has 0 unspecified atom stereocenters. The van der Waals surface area contributed by atoms with Crippen LogP contribution in [0.15, 0.2) is 24.3 Å². The van der Waals surface area contributed by atoms with Crippen LogP contribution in [0.3, 0.4) is 0 Å². The number of alkyl carbamates (subject to hydrolysis) is 1. The van der Waals surface area contributed by atoms with Gasteiger partial charge in [-0.1, -0.05) is 11.6 Å². The van der Waals surface area contributed by atoms with E-state index >= 15 is 0 Å². The molecule has 23 heavy (non-hydrogen) atoms. The molecule has 0 fully saturated rings. The normalized spacial score (nSPS) is 10.6. The number of nitrogens with one attached hydrogen (secondary N) is 3. The number of ether oxygens (including phenoxy) is 2. The average molecular weight is 344 g/mol. The van der Waals surface area contributed by atoms with Gasteiger partial charge < -0.3 is 25.4 Å². The van der Waals surface area contributed by atoms with Gasteiger partial charge in [-0.25, -0.2) is 9.59 Å². The molecule has 0 heterocycles. The monoisotopic (exact) mass is 343 g/mol. The third kappa shape index (κ3) is 9.46. The molecule has 1 aromatic carbocycles. The Morgan fingerprint density at radius 2 is 1.65 bits per heavy atom. The summed E-state index contributed by atoms with van der Waals surface area (Å²) in [6, 6.07) is 6.39. The standard InChI is InChI=1S/C15H22ClN3O4/c1-15(2,3)23-14(21)18-9-8-17-13(20)19-10-22-12-6-4-11(16)5-7-12/h4-7H,8-10H2,1-3H3,(H,18,21)(H2,17,19,20). The lowest BCUT2D eigenvalue weighted by Gasteiger charge is -2.19. The molecule has 0 aliphatic carbocycles. The lowest BCUT2D eigenvalue weighted by atomic mass is 10.2. The minimum atomic E-state index is -0.548. The van der Waals surface area contributed by atoms with E-state index in [4.69, 9.17) is 21.1 Å². The van der Waals surface area contributed by atoms with Crippen LogP contribution in [0, 0.1) is 0 Å². The highest BCUT2D eigenvalue weighted by Crippen LogP contribution is 2.14. The van der Waals surface area contributed by atoms with Crippen molar-refractivity contribution < 1.29 is 19.1 Å². The van der Waals surface area contributed by atoms with Crippen LogP contribution in [0.25, 0.3) is 0 Å². The van der Waals surface area contributed by atoms with E-state index in [0.717, 1.165) is 0 Å². The molecule has 0 aromatic heterocycles. The summed E-state index contributed by atoms with van der Waals surface area (Å²) in [7, 11) is 0. The SMILES string of the molecule is CC(C)(C)OC(=O)NCCNC(=O)NCOc1ccc(Cl)cc1. The summed E-state index contributed by atoms with van der Waals surface area (Å²) in [5.74, 6) is 0.598. The Labute approximate surface area is 140 Å². The number of urea groups is 1. The van der Waals surface area contributed by atoms with Crippen molar-refractivity contribution >= 4 is 23.7 Å². The minimum Gasteiger partial charge on any atom is -0.473 e. The molecule has 128 valence electrons. The Hall–Kier alpha value is -2.15. The molecule has 0 spiro atoms. The number of halogens is 1. The molecule has 0 bridgehead atoms. The summed E-state index contributed by atoms with van der Waals surface area (Å²) in [6.07, 6.45) is -0.522. The Kier molecular flexibility index (Phi) is 7.47. The van der Waals surface area contributed by atoms with Crippen molar-refractivity contribution in [1.29, 1.82) is 0 Å². The van der Waals surface area contributed by atoms with Gasteiger partial charge in [0.05, 0.1) is 0 Å². The van der Waals surface area contributed by atoms with E-state index in [1.165, 1.54) is 0 Å². The molecule has 3 amide bonds. The molecule has 8 heteroatoms. The second-order valence-electron chi connectivity index (χ2n) is 5.60. The number of carbonyl (C=O) groups excluding carboxylic acids is 2. The first-order valence-electron chi connectivity index (χ1n) is 7.13. The van der Waals surface area contributed by atoms with Crippen molar-refractivity contribution in [3.8, 4) is 5.75 Å². The highest BCUT2D eigenvalue weighted by molar-refractivity contribution is 6.30. The maximum absolute atomic E-state index is 11.5. The van der Waals surface area contributed by atoms with Crippen molar-refractivity contribution in [2.75, 3.05) is 19.8 Å². The zero-order chi connectivity index (χ0) is 17.3. The maximum atomic E-state index is 11.5. The summed E-state index contributed by atoms with van der Waals surface area (Å²) < 4.78 is 10.4. The van der Waals surface area contributed by atoms with Gasteiger partial charge in [0.25, 0.3) is 0 Å². The first-order valence-corrected chi connectivity index (χ1v) is 7.51. The second-order valence-corrected chi connectivity index (χ2v) is 6.04. The lowest BCUT2D eigenvalue weighted by molar-refractivity contribution is 0.0528. The van der Waals surface area contributed by atoms with Crippen molar-refractivity contribution in [3.63, 3.8) is 0 Å². The van der Waals surface area contributed by atoms with Crippen LogP contribution in [0.1, 0.15) is 20.8 Å². The van der Waals surface area contributed by atoms with E-state index in [1.54, 1.807) is 45.0 Å². The summed E-state index contributed by atoms with van der Waals surface area (Å²) in [6.45, 7) is 5.89. The van der Waals surface area contributed by atoms with Gasteiger partial charge in [0, 0.05) is 18.1 Å². The van der Waals surface area contributed by atoms with E-state index in [2.05, 4.69) is 16.0 Å². The van der Waals surface area contributed by atoms with Crippen LogP contribution < -0.4 is 20.7 Å². The molecule has 0 atom stereocenters. The van der Waals surface area contributed by atoms with Crippen LogP contribution in [-0.4, -0.2) is 37.5 Å². The van der Waals surface area contributed by atoms with Crippen molar-refractivity contribution in [2.24, 2.45) is 0 Å². The van der Waals surface area contributed by atoms with E-state index in [-0.39, 0.29) is 19.8 Å². The van der Waals surface area contributed by atoms with Gasteiger partial charge in [-0.15, -0.1) is 0 Å². The Morgan fingerprint density at radius 1 is 1.04 bits per heavy atom. The predicted octanol–water partition coefficient (Wildman–Crippen LogP) is 2.50. The fraction of sp³-hybridized carbons (Fsp3) is 0.467. The molecule has 0 aliphatic heterocycles. The molecular formula is C15H22ClN3O4. The molecular weight excluding hydrogens is 322 g/mol. The maximum Gasteiger partial charge on any atom is 0.407 e. The van der Waals surface area contributed by atoms with Crippen LogP contribution in [0.5, 0.6) is 5.75 Å². The summed E-state index contributed by atoms with van der Waals surface area (Å²) >= 11 is 5.75. The van der Waals surface area contributed by atoms with Crippen molar-refractivity contribution in [2.45, 2.75) is 26.4 Å². The van der Waals surface area contributed by atoms with Crippen LogP contribution >= 0.6 is 11.6 Å². The quantitative estimate of drug-likeness (QED) is 0.547. The zero-order valence-corrected chi connectivity index (χ0v) is 14.2. The molecule has 0 saturated carbocycles. The lowest BCUT2D eigenvalue weighted by Crippen LogP contribution is -2.42. The number of amides is 3. The van der Waals surface area contributed by atoms with E-state index in [0.29, 0.717) is 10.8 Å². The van der Waals surface area contributed by atoms with Crippen molar-refractivity contribution in [1.82, 2.24) is 16.0 Å². The fourth-order valence-electron chi connectivity index (χ4n) is 1.43. The summed E-state index contributed by atoms with van der Waals surface area (Å²) in [5.41, 5.74) is -0.548. The number of carbonyl (C=O) groups is 2. The average Bonchev–Trinajstić information content (AvgIpc) is 2.44. The zero-order valence-electron chi connectivity index (χ0n) is 13.4. The molecule has 3 N–H and O–H groups in total. The van der Waals surface area contributed by atoms with Crippen LogP contribution in [0.4, 0.5) is 9.59 Å². The smallest absolute Gasteiger partial charge is 0.407 e. The van der Waals surface area contributed by atoms with E-state index in [9.17, 15) is 9.59 Å². The Bertz CT molecular complexity index is 514. The molecule has 7 nitrogen and oxygen atoms in total. The Balaban J connectivity index is 2.08. The molecule has 1 aromatic rings. The Morgan fingerprint density at radius 3 is 2.26 bits per heavy atom. The number of hydrogen-bond acceptors (Lipinski definition) is 4. The molecule has 0 radical (unpaired) electrons. The molecule has 0 aliphatic rings. The third-order valence-corrected chi connectivity index (χ3v) is 2.62. The molecule has 1 rings (SSSR count). The highest BCUT2D eigenvalue weighted by atomic mass is 35.5. The van der Waals surface area contributed by atoms with Gasteiger partial charge in [-0.3, -0.25) is 0 Å². The summed E-state index contributed by atoms with van der Waals surface area (Å²) in [5, 5.41) is 8.24. The minimum absolute atomic E-state index is 0.0208. The predicted molar refractivity (Wildman–Crippen MR) is 87.7 cm³/mol. The van der Waals surface area contributed by atoms with Gasteiger partial charge >= 0.3 is 12.1 Å². The van der Waals surface area contributed by atoms with Crippen molar-refractivity contribution in [3.05, 3.63) is 29.3 Å². The first-order chi connectivity index (χ1) is 10.8. The van der Waals surface area contributed by atoms with Gasteiger partial charge in [0.15, 0.2) is 6.73 Å². The van der Waals surface area contributed by atoms with Crippen LogP contribution in [0.2, 0.25) is 5.02 Å². The van der Waals surface area contributed by atoms with Gasteiger partial charge in [-0.05, 0) is 45.0 Å². The third-order valence-electron chi connectivity index (χ3n) is 2.36. The van der Waals surface area contributed by atoms with E-state index < -0.39 is 17.7 Å². The highest BCUT2D eigenvalue weighted by Gasteiger charge is 2.15.